The lowest BCUT2D eigenvalue weighted by Gasteiger charge is -2.08. The molecule has 8 heavy (non-hydrogen) atoms. The van der Waals surface area contributed by atoms with Crippen LogP contribution in [0.5, 0.6) is 0 Å². The Kier molecular flexibility index (Phi) is 3.44. The first-order valence-corrected chi connectivity index (χ1v) is 2.85. The van der Waals surface area contributed by atoms with E-state index in [4.69, 9.17) is 5.11 Å². The molecule has 0 aliphatic heterocycles. The summed E-state index contributed by atoms with van der Waals surface area (Å²) in [6.07, 6.45) is 0.973. The lowest BCUT2D eigenvalue weighted by atomic mass is 10.1. The van der Waals surface area contributed by atoms with Crippen LogP contribution in [-0.2, 0) is 4.79 Å². The number of rotatable bonds is 3. The van der Waals surface area contributed by atoms with Crippen LogP contribution in [0.1, 0.15) is 20.3 Å². The van der Waals surface area contributed by atoms with Gasteiger partial charge >= 0.3 is 0 Å². The average molecular weight is 116 g/mol. The Morgan fingerprint density at radius 1 is 1.75 bits per heavy atom. The highest BCUT2D eigenvalue weighted by atomic mass is 16.3. The van der Waals surface area contributed by atoms with Gasteiger partial charge in [-0.15, -0.1) is 0 Å². The number of hydrogen-bond donors (Lipinski definition) is 1. The quantitative estimate of drug-likeness (QED) is 0.548. The molecule has 0 bridgehead atoms. The second kappa shape index (κ2) is 3.61. The van der Waals surface area contributed by atoms with Crippen LogP contribution in [0.3, 0.4) is 0 Å². The van der Waals surface area contributed by atoms with Gasteiger partial charge in [-0.2, -0.15) is 0 Å². The molecule has 0 aliphatic carbocycles. The van der Waals surface area contributed by atoms with Crippen molar-refractivity contribution < 1.29 is 9.90 Å². The molecule has 0 aliphatic rings. The van der Waals surface area contributed by atoms with Crippen molar-refractivity contribution in [1.82, 2.24) is 0 Å². The van der Waals surface area contributed by atoms with Gasteiger partial charge in [-0.05, 0) is 6.42 Å². The van der Waals surface area contributed by atoms with Crippen molar-refractivity contribution in [2.45, 2.75) is 26.4 Å². The maximum Gasteiger partial charge on any atom is 0.125 e. The van der Waals surface area contributed by atoms with E-state index < -0.39 is 6.10 Å². The minimum Gasteiger partial charge on any atom is -0.392 e. The fraction of sp³-hybridized carbons (Fsp3) is 0.833. The van der Waals surface area contributed by atoms with Crippen molar-refractivity contribution in [3.8, 4) is 0 Å². The summed E-state index contributed by atoms with van der Waals surface area (Å²) in [6, 6.07) is 0. The van der Waals surface area contributed by atoms with Gasteiger partial charge in [0, 0.05) is 5.92 Å². The normalized spacial score (nSPS) is 17.4. The van der Waals surface area contributed by atoms with Gasteiger partial charge in [-0.25, -0.2) is 0 Å². The molecule has 2 atom stereocenters. The van der Waals surface area contributed by atoms with Crippen LogP contribution in [0.4, 0.5) is 0 Å². The van der Waals surface area contributed by atoms with E-state index in [0.717, 1.165) is 6.29 Å². The number of aldehydes is 1. The van der Waals surface area contributed by atoms with E-state index in [9.17, 15) is 4.79 Å². The molecule has 2 nitrogen and oxygen atoms in total. The van der Waals surface area contributed by atoms with Crippen LogP contribution in [0.2, 0.25) is 0 Å². The molecule has 0 unspecified atom stereocenters. The predicted octanol–water partition coefficient (Wildman–Crippen LogP) is 0.592. The summed E-state index contributed by atoms with van der Waals surface area (Å²) in [5, 5.41) is 8.90. The zero-order valence-electron chi connectivity index (χ0n) is 5.29. The van der Waals surface area contributed by atoms with Crippen LogP contribution in [0.25, 0.3) is 0 Å². The Labute approximate surface area is 49.5 Å². The van der Waals surface area contributed by atoms with E-state index in [2.05, 4.69) is 0 Å². The maximum atomic E-state index is 9.95. The van der Waals surface area contributed by atoms with Gasteiger partial charge in [0.2, 0.25) is 0 Å². The standard InChI is InChI=1S/C6H12O2/c1-3-6(8)5(2)4-7/h4-6,8H,3H2,1-2H3/t5-,6+/m0/s1. The van der Waals surface area contributed by atoms with Crippen molar-refractivity contribution >= 4 is 6.29 Å². The number of aliphatic hydroxyl groups excluding tert-OH is 1. The molecule has 0 amide bonds. The second-order valence-electron chi connectivity index (χ2n) is 1.97. The first-order chi connectivity index (χ1) is 3.72. The number of carbonyl (C=O) groups excluding carboxylic acids is 1. The molecule has 0 aromatic rings. The molecule has 0 rings (SSSR count). The Bertz CT molecular complexity index is 70.9. The molecule has 48 valence electrons. The molecule has 0 aromatic heterocycles. The topological polar surface area (TPSA) is 37.3 Å². The smallest absolute Gasteiger partial charge is 0.125 e. The Hall–Kier alpha value is -0.370. The summed E-state index contributed by atoms with van der Waals surface area (Å²) in [6.45, 7) is 3.56. The van der Waals surface area contributed by atoms with E-state index in [1.54, 1.807) is 6.92 Å². The van der Waals surface area contributed by atoms with Crippen LogP contribution in [0, 0.1) is 5.92 Å². The molecule has 0 radical (unpaired) electrons. The van der Waals surface area contributed by atoms with E-state index >= 15 is 0 Å². The van der Waals surface area contributed by atoms with Crippen molar-refractivity contribution in [2.24, 2.45) is 5.92 Å². The summed E-state index contributed by atoms with van der Waals surface area (Å²) in [7, 11) is 0. The monoisotopic (exact) mass is 116 g/mol. The van der Waals surface area contributed by atoms with Crippen LogP contribution in [-0.4, -0.2) is 17.5 Å². The first kappa shape index (κ1) is 7.63. The molecular weight excluding hydrogens is 104 g/mol. The lowest BCUT2D eigenvalue weighted by molar-refractivity contribution is -0.113. The van der Waals surface area contributed by atoms with Gasteiger partial charge in [-0.3, -0.25) is 0 Å². The average Bonchev–Trinajstić information content (AvgIpc) is 1.84. The maximum absolute atomic E-state index is 9.95. The summed E-state index contributed by atoms with van der Waals surface area (Å²) < 4.78 is 0. The minimum absolute atomic E-state index is 0.208. The summed E-state index contributed by atoms with van der Waals surface area (Å²) in [5.74, 6) is -0.208. The molecule has 0 saturated heterocycles. The molecular formula is C6H12O2. The van der Waals surface area contributed by atoms with E-state index in [1.165, 1.54) is 0 Å². The van der Waals surface area contributed by atoms with Crippen molar-refractivity contribution in [2.75, 3.05) is 0 Å². The summed E-state index contributed by atoms with van der Waals surface area (Å²) >= 11 is 0. The van der Waals surface area contributed by atoms with E-state index in [1.807, 2.05) is 6.92 Å². The van der Waals surface area contributed by atoms with Crippen LogP contribution < -0.4 is 0 Å². The van der Waals surface area contributed by atoms with Gasteiger partial charge in [-0.1, -0.05) is 13.8 Å². The summed E-state index contributed by atoms with van der Waals surface area (Å²) in [5.41, 5.74) is 0. The Morgan fingerprint density at radius 3 is 2.38 bits per heavy atom. The predicted molar refractivity (Wildman–Crippen MR) is 31.5 cm³/mol. The van der Waals surface area contributed by atoms with Crippen LogP contribution >= 0.6 is 0 Å². The van der Waals surface area contributed by atoms with Gasteiger partial charge in [0.15, 0.2) is 0 Å². The van der Waals surface area contributed by atoms with Gasteiger partial charge in [0.1, 0.15) is 6.29 Å². The summed E-state index contributed by atoms with van der Waals surface area (Å²) in [4.78, 5) is 9.95. The number of carbonyl (C=O) groups is 1. The van der Waals surface area contributed by atoms with Crippen molar-refractivity contribution in [3.63, 3.8) is 0 Å². The molecule has 0 saturated carbocycles. The van der Waals surface area contributed by atoms with Gasteiger partial charge < -0.3 is 9.90 Å². The molecule has 0 spiro atoms. The lowest BCUT2D eigenvalue weighted by Crippen LogP contribution is -2.16. The van der Waals surface area contributed by atoms with Crippen molar-refractivity contribution in [3.05, 3.63) is 0 Å². The highest BCUT2D eigenvalue weighted by Gasteiger charge is 2.08. The third-order valence-corrected chi connectivity index (χ3v) is 1.24. The molecule has 0 fully saturated rings. The highest BCUT2D eigenvalue weighted by molar-refractivity contribution is 5.53. The third kappa shape index (κ3) is 2.07. The van der Waals surface area contributed by atoms with Crippen LogP contribution in [0.15, 0.2) is 0 Å². The van der Waals surface area contributed by atoms with Crippen molar-refractivity contribution in [1.29, 1.82) is 0 Å². The Balaban J connectivity index is 3.44. The SMILES string of the molecule is CC[C@@H](O)[C@@H](C)C=O. The fourth-order valence-electron chi connectivity index (χ4n) is 0.462. The molecule has 1 N–H and O–H groups in total. The van der Waals surface area contributed by atoms with Gasteiger partial charge in [0.05, 0.1) is 6.10 Å². The number of aliphatic hydroxyl groups is 1. The minimum atomic E-state index is -0.451. The zero-order valence-corrected chi connectivity index (χ0v) is 5.29. The Morgan fingerprint density at radius 2 is 2.25 bits per heavy atom. The number of hydrogen-bond acceptors (Lipinski definition) is 2. The first-order valence-electron chi connectivity index (χ1n) is 2.85. The van der Waals surface area contributed by atoms with E-state index in [0.29, 0.717) is 6.42 Å². The van der Waals surface area contributed by atoms with Gasteiger partial charge in [0.25, 0.3) is 0 Å². The molecule has 0 heterocycles. The van der Waals surface area contributed by atoms with E-state index in [-0.39, 0.29) is 5.92 Å². The third-order valence-electron chi connectivity index (χ3n) is 1.24. The molecule has 2 heteroatoms. The zero-order chi connectivity index (χ0) is 6.57. The largest absolute Gasteiger partial charge is 0.392 e. The highest BCUT2D eigenvalue weighted by Crippen LogP contribution is 2.01. The fourth-order valence-corrected chi connectivity index (χ4v) is 0.462. The molecule has 0 aromatic carbocycles. The second-order valence-corrected chi connectivity index (χ2v) is 1.97.